The summed E-state index contributed by atoms with van der Waals surface area (Å²) in [5.41, 5.74) is 7.30. The Hall–Kier alpha value is -0.500. The van der Waals surface area contributed by atoms with Crippen LogP contribution in [0.1, 0.15) is 38.5 Å². The average Bonchev–Trinajstić information content (AvgIpc) is 2.71. The number of hydrogen-bond acceptors (Lipinski definition) is 2. The largest absolute Gasteiger partial charge is 0.375 e. The van der Waals surface area contributed by atoms with E-state index in [1.807, 2.05) is 0 Å². The van der Waals surface area contributed by atoms with E-state index in [2.05, 4.69) is 11.5 Å². The molecule has 80 valence electrons. The molecular weight excluding hydrogens is 172 g/mol. The molecule has 2 N–H and O–H groups in total. The zero-order valence-electron chi connectivity index (χ0n) is 9.04. The van der Waals surface area contributed by atoms with Gasteiger partial charge in [0.2, 0.25) is 0 Å². The summed E-state index contributed by atoms with van der Waals surface area (Å²) in [6, 6.07) is 0.456. The highest BCUT2D eigenvalue weighted by Crippen LogP contribution is 2.31. The first-order valence-corrected chi connectivity index (χ1v) is 5.96. The van der Waals surface area contributed by atoms with Crippen molar-refractivity contribution in [2.45, 2.75) is 44.6 Å². The summed E-state index contributed by atoms with van der Waals surface area (Å²) in [7, 11) is 0. The minimum atomic E-state index is 0.456. The van der Waals surface area contributed by atoms with Gasteiger partial charge in [-0.1, -0.05) is 6.58 Å². The van der Waals surface area contributed by atoms with Crippen molar-refractivity contribution in [3.8, 4) is 0 Å². The third kappa shape index (κ3) is 2.11. The summed E-state index contributed by atoms with van der Waals surface area (Å²) < 4.78 is 0. The monoisotopic (exact) mass is 194 g/mol. The third-order valence-electron chi connectivity index (χ3n) is 3.76. The number of rotatable bonds is 2. The van der Waals surface area contributed by atoms with Crippen molar-refractivity contribution in [2.24, 2.45) is 11.7 Å². The topological polar surface area (TPSA) is 29.3 Å². The van der Waals surface area contributed by atoms with Gasteiger partial charge in [-0.25, -0.2) is 0 Å². The van der Waals surface area contributed by atoms with E-state index >= 15 is 0 Å². The molecule has 2 heteroatoms. The Bertz CT molecular complexity index is 198. The van der Waals surface area contributed by atoms with Gasteiger partial charge in [0, 0.05) is 24.8 Å². The molecule has 2 aliphatic rings. The van der Waals surface area contributed by atoms with Crippen molar-refractivity contribution in [1.82, 2.24) is 4.90 Å². The van der Waals surface area contributed by atoms with E-state index in [9.17, 15) is 0 Å². The molecule has 0 unspecified atom stereocenters. The van der Waals surface area contributed by atoms with Gasteiger partial charge in [0.05, 0.1) is 0 Å². The zero-order valence-corrected chi connectivity index (χ0v) is 9.04. The van der Waals surface area contributed by atoms with Crippen LogP contribution in [-0.4, -0.2) is 24.0 Å². The van der Waals surface area contributed by atoms with E-state index in [0.29, 0.717) is 6.04 Å². The van der Waals surface area contributed by atoms with Crippen LogP contribution < -0.4 is 5.73 Å². The molecule has 1 aliphatic heterocycles. The van der Waals surface area contributed by atoms with Gasteiger partial charge in [-0.2, -0.15) is 0 Å². The Morgan fingerprint density at radius 3 is 2.21 bits per heavy atom. The van der Waals surface area contributed by atoms with E-state index in [4.69, 9.17) is 5.73 Å². The molecule has 0 aromatic heterocycles. The summed E-state index contributed by atoms with van der Waals surface area (Å²) in [6.07, 6.45) is 7.61. The number of allylic oxidation sites excluding steroid dienone is 1. The van der Waals surface area contributed by atoms with Crippen LogP contribution in [0, 0.1) is 5.92 Å². The van der Waals surface area contributed by atoms with E-state index < -0.39 is 0 Å². The molecule has 0 amide bonds. The zero-order chi connectivity index (χ0) is 9.97. The first-order chi connectivity index (χ1) is 6.77. The van der Waals surface area contributed by atoms with Crippen LogP contribution in [0.2, 0.25) is 0 Å². The Labute approximate surface area is 87.2 Å². The highest BCUT2D eigenvalue weighted by molar-refractivity contribution is 5.03. The minimum Gasteiger partial charge on any atom is -0.375 e. The van der Waals surface area contributed by atoms with Gasteiger partial charge in [0.25, 0.3) is 0 Å². The molecular formula is C12H22N2. The van der Waals surface area contributed by atoms with Crippen LogP contribution in [0.25, 0.3) is 0 Å². The fourth-order valence-corrected chi connectivity index (χ4v) is 2.71. The molecule has 2 rings (SSSR count). The van der Waals surface area contributed by atoms with Gasteiger partial charge in [-0.3, -0.25) is 0 Å². The van der Waals surface area contributed by atoms with Gasteiger partial charge in [0.1, 0.15) is 0 Å². The third-order valence-corrected chi connectivity index (χ3v) is 3.76. The first-order valence-electron chi connectivity index (χ1n) is 5.96. The summed E-state index contributed by atoms with van der Waals surface area (Å²) in [5, 5.41) is 0. The van der Waals surface area contributed by atoms with Gasteiger partial charge < -0.3 is 10.6 Å². The van der Waals surface area contributed by atoms with Gasteiger partial charge in [-0.05, 0) is 44.4 Å². The van der Waals surface area contributed by atoms with E-state index in [1.54, 1.807) is 0 Å². The van der Waals surface area contributed by atoms with Crippen LogP contribution in [0.15, 0.2) is 12.3 Å². The quantitative estimate of drug-likeness (QED) is 0.729. The number of hydrogen-bond donors (Lipinski definition) is 1. The summed E-state index contributed by atoms with van der Waals surface area (Å²) in [4.78, 5) is 2.49. The molecule has 1 saturated heterocycles. The molecule has 1 saturated carbocycles. The van der Waals surface area contributed by atoms with Crippen LogP contribution in [-0.2, 0) is 0 Å². The van der Waals surface area contributed by atoms with Crippen molar-refractivity contribution in [3.05, 3.63) is 12.3 Å². The standard InChI is InChI=1S/C12H22N2/c1-10(14-8-2-3-9-14)11-4-6-12(13)7-5-11/h11-12H,1-9,13H2. The lowest BCUT2D eigenvalue weighted by Crippen LogP contribution is -2.31. The van der Waals surface area contributed by atoms with Gasteiger partial charge >= 0.3 is 0 Å². The van der Waals surface area contributed by atoms with Crippen molar-refractivity contribution in [2.75, 3.05) is 13.1 Å². The molecule has 0 radical (unpaired) electrons. The molecule has 0 atom stereocenters. The van der Waals surface area contributed by atoms with Crippen molar-refractivity contribution < 1.29 is 0 Å². The molecule has 0 aromatic rings. The average molecular weight is 194 g/mol. The lowest BCUT2D eigenvalue weighted by atomic mass is 9.84. The fraction of sp³-hybridized carbons (Fsp3) is 0.833. The van der Waals surface area contributed by atoms with Crippen molar-refractivity contribution in [3.63, 3.8) is 0 Å². The summed E-state index contributed by atoms with van der Waals surface area (Å²) in [5.74, 6) is 0.730. The number of nitrogens with zero attached hydrogens (tertiary/aromatic N) is 1. The smallest absolute Gasteiger partial charge is 0.0175 e. The highest BCUT2D eigenvalue weighted by Gasteiger charge is 2.24. The van der Waals surface area contributed by atoms with Crippen LogP contribution in [0.4, 0.5) is 0 Å². The Morgan fingerprint density at radius 2 is 1.64 bits per heavy atom. The second kappa shape index (κ2) is 4.35. The predicted octanol–water partition coefficient (Wildman–Crippen LogP) is 2.11. The molecule has 2 fully saturated rings. The Kier molecular flexibility index (Phi) is 3.12. The van der Waals surface area contributed by atoms with E-state index in [1.165, 1.54) is 57.3 Å². The van der Waals surface area contributed by atoms with Gasteiger partial charge in [0.15, 0.2) is 0 Å². The summed E-state index contributed by atoms with van der Waals surface area (Å²) in [6.45, 7) is 6.75. The van der Waals surface area contributed by atoms with E-state index in [-0.39, 0.29) is 0 Å². The second-order valence-corrected chi connectivity index (χ2v) is 4.80. The fourth-order valence-electron chi connectivity index (χ4n) is 2.71. The van der Waals surface area contributed by atoms with Crippen LogP contribution in [0.5, 0.6) is 0 Å². The molecule has 2 nitrogen and oxygen atoms in total. The molecule has 0 aromatic carbocycles. The molecule has 1 aliphatic carbocycles. The molecule has 0 bridgehead atoms. The lowest BCUT2D eigenvalue weighted by molar-refractivity contribution is 0.289. The number of nitrogens with two attached hydrogens (primary N) is 1. The SMILES string of the molecule is C=C(C1CCC(N)CC1)N1CCCC1. The van der Waals surface area contributed by atoms with Crippen molar-refractivity contribution in [1.29, 1.82) is 0 Å². The highest BCUT2D eigenvalue weighted by atomic mass is 15.2. The maximum absolute atomic E-state index is 5.91. The Balaban J connectivity index is 1.85. The van der Waals surface area contributed by atoms with Crippen molar-refractivity contribution >= 4 is 0 Å². The summed E-state index contributed by atoms with van der Waals surface area (Å²) >= 11 is 0. The predicted molar refractivity (Wildman–Crippen MR) is 59.9 cm³/mol. The molecule has 1 heterocycles. The molecule has 14 heavy (non-hydrogen) atoms. The van der Waals surface area contributed by atoms with Crippen LogP contribution in [0.3, 0.4) is 0 Å². The Morgan fingerprint density at radius 1 is 1.07 bits per heavy atom. The number of likely N-dealkylation sites (tertiary alicyclic amines) is 1. The normalized spacial score (nSPS) is 33.4. The maximum Gasteiger partial charge on any atom is 0.0175 e. The lowest BCUT2D eigenvalue weighted by Gasteiger charge is -2.32. The van der Waals surface area contributed by atoms with E-state index in [0.717, 1.165) is 5.92 Å². The van der Waals surface area contributed by atoms with Crippen LogP contribution >= 0.6 is 0 Å². The first kappa shape index (κ1) is 10.0. The minimum absolute atomic E-state index is 0.456. The second-order valence-electron chi connectivity index (χ2n) is 4.80. The van der Waals surface area contributed by atoms with Gasteiger partial charge in [-0.15, -0.1) is 0 Å². The molecule has 0 spiro atoms. The maximum atomic E-state index is 5.91.